The Kier molecular flexibility index (Phi) is 5.79. The van der Waals surface area contributed by atoms with Crippen molar-refractivity contribution < 1.29 is 9.53 Å². The first kappa shape index (κ1) is 17.9. The molecule has 0 spiro atoms. The molecule has 0 aliphatic carbocycles. The standard InChI is InChI=1S/C19H18N4O2S/c1-3-9-20-16(24)10-21-18-17-14(13-7-5-4-6-8-13)12-26-19(17)23-15(22-18)11-25-2/h1,4-8,12H,9-11H2,2H3,(H,20,24)(H,21,22,23). The first-order chi connectivity index (χ1) is 12.7. The van der Waals surface area contributed by atoms with E-state index in [1.807, 2.05) is 30.3 Å². The number of fused-ring (bicyclic) bond motifs is 1. The number of terminal acetylenes is 1. The van der Waals surface area contributed by atoms with Crippen LogP contribution in [0.3, 0.4) is 0 Å². The number of nitrogens with zero attached hydrogens (tertiary/aromatic N) is 2. The zero-order valence-electron chi connectivity index (χ0n) is 14.3. The van der Waals surface area contributed by atoms with Gasteiger partial charge in [0, 0.05) is 18.1 Å². The zero-order valence-corrected chi connectivity index (χ0v) is 15.1. The summed E-state index contributed by atoms with van der Waals surface area (Å²) in [6.07, 6.45) is 5.16. The number of thiophene rings is 1. The second-order valence-corrected chi connectivity index (χ2v) is 6.31. The molecule has 7 heteroatoms. The molecule has 0 aliphatic rings. The van der Waals surface area contributed by atoms with Crippen LogP contribution in [0.2, 0.25) is 0 Å². The van der Waals surface area contributed by atoms with Crippen LogP contribution in [-0.4, -0.2) is 36.1 Å². The number of amides is 1. The highest BCUT2D eigenvalue weighted by atomic mass is 32.1. The van der Waals surface area contributed by atoms with Crippen LogP contribution < -0.4 is 10.6 Å². The fourth-order valence-electron chi connectivity index (χ4n) is 2.51. The minimum atomic E-state index is -0.195. The minimum absolute atomic E-state index is 0.0737. The summed E-state index contributed by atoms with van der Waals surface area (Å²) in [6, 6.07) is 10.0. The highest BCUT2D eigenvalue weighted by Gasteiger charge is 2.16. The van der Waals surface area contributed by atoms with Gasteiger partial charge in [-0.3, -0.25) is 4.79 Å². The van der Waals surface area contributed by atoms with Crippen molar-refractivity contribution in [3.8, 4) is 23.5 Å². The highest BCUT2D eigenvalue weighted by molar-refractivity contribution is 7.17. The molecule has 2 aromatic heterocycles. The van der Waals surface area contributed by atoms with Crippen LogP contribution in [0.4, 0.5) is 5.82 Å². The number of carbonyl (C=O) groups is 1. The molecule has 0 saturated carbocycles. The van der Waals surface area contributed by atoms with Crippen LogP contribution >= 0.6 is 11.3 Å². The number of rotatable bonds is 7. The SMILES string of the molecule is C#CCNC(=O)CNc1nc(COC)nc2scc(-c3ccccc3)c12. The van der Waals surface area contributed by atoms with E-state index in [0.717, 1.165) is 21.3 Å². The van der Waals surface area contributed by atoms with Gasteiger partial charge in [-0.1, -0.05) is 36.3 Å². The van der Waals surface area contributed by atoms with Gasteiger partial charge in [-0.2, -0.15) is 0 Å². The van der Waals surface area contributed by atoms with E-state index in [0.29, 0.717) is 18.2 Å². The molecule has 0 atom stereocenters. The van der Waals surface area contributed by atoms with Crippen LogP contribution in [0.25, 0.3) is 21.3 Å². The van der Waals surface area contributed by atoms with Crippen molar-refractivity contribution in [1.29, 1.82) is 0 Å². The first-order valence-electron chi connectivity index (χ1n) is 7.99. The molecule has 2 N–H and O–H groups in total. The maximum atomic E-state index is 11.9. The Bertz CT molecular complexity index is 947. The molecule has 0 unspecified atom stereocenters. The molecule has 3 rings (SSSR count). The summed E-state index contributed by atoms with van der Waals surface area (Å²) in [6.45, 7) is 0.569. The molecule has 0 aliphatic heterocycles. The Labute approximate surface area is 155 Å². The average Bonchev–Trinajstić information content (AvgIpc) is 3.09. The third-order valence-corrected chi connectivity index (χ3v) is 4.51. The molecule has 1 aromatic carbocycles. The van der Waals surface area contributed by atoms with E-state index in [1.54, 1.807) is 7.11 Å². The Morgan fingerprint density at radius 3 is 2.85 bits per heavy atom. The number of hydrogen-bond acceptors (Lipinski definition) is 6. The summed E-state index contributed by atoms with van der Waals surface area (Å²) in [5.74, 6) is 3.36. The fourth-order valence-corrected chi connectivity index (χ4v) is 3.48. The maximum Gasteiger partial charge on any atom is 0.240 e. The van der Waals surface area contributed by atoms with Crippen LogP contribution in [0.1, 0.15) is 5.82 Å². The van der Waals surface area contributed by atoms with Crippen LogP contribution in [0.15, 0.2) is 35.7 Å². The molecule has 2 heterocycles. The van der Waals surface area contributed by atoms with Crippen LogP contribution in [0.5, 0.6) is 0 Å². The molecule has 3 aromatic rings. The largest absolute Gasteiger partial charge is 0.377 e. The van der Waals surface area contributed by atoms with E-state index in [9.17, 15) is 4.79 Å². The average molecular weight is 366 g/mol. The third kappa shape index (κ3) is 3.99. The van der Waals surface area contributed by atoms with E-state index in [1.165, 1.54) is 11.3 Å². The van der Waals surface area contributed by atoms with E-state index < -0.39 is 0 Å². The topological polar surface area (TPSA) is 76.1 Å². The van der Waals surface area contributed by atoms with Gasteiger partial charge in [0.2, 0.25) is 5.91 Å². The normalized spacial score (nSPS) is 10.5. The van der Waals surface area contributed by atoms with E-state index in [2.05, 4.69) is 31.9 Å². The van der Waals surface area contributed by atoms with Gasteiger partial charge in [0.25, 0.3) is 0 Å². The van der Waals surface area contributed by atoms with Gasteiger partial charge in [-0.25, -0.2) is 9.97 Å². The van der Waals surface area contributed by atoms with Crippen molar-refractivity contribution in [1.82, 2.24) is 15.3 Å². The lowest BCUT2D eigenvalue weighted by Crippen LogP contribution is -2.30. The third-order valence-electron chi connectivity index (χ3n) is 3.64. The van der Waals surface area contributed by atoms with Gasteiger partial charge in [0.15, 0.2) is 5.82 Å². The molecule has 0 bridgehead atoms. The molecule has 6 nitrogen and oxygen atoms in total. The summed E-state index contributed by atoms with van der Waals surface area (Å²) >= 11 is 1.54. The second-order valence-electron chi connectivity index (χ2n) is 5.45. The molecular weight excluding hydrogens is 348 g/mol. The molecule has 0 saturated heterocycles. The Balaban J connectivity index is 1.99. The summed E-state index contributed by atoms with van der Waals surface area (Å²) in [5, 5.41) is 8.68. The fraction of sp³-hybridized carbons (Fsp3) is 0.211. The van der Waals surface area contributed by atoms with Crippen molar-refractivity contribution in [2.75, 3.05) is 25.5 Å². The maximum absolute atomic E-state index is 11.9. The number of carbonyl (C=O) groups excluding carboxylic acids is 1. The molecule has 0 radical (unpaired) electrons. The minimum Gasteiger partial charge on any atom is -0.377 e. The van der Waals surface area contributed by atoms with Crippen LogP contribution in [-0.2, 0) is 16.1 Å². The second kappa shape index (κ2) is 8.43. The quantitative estimate of drug-likeness (QED) is 0.629. The van der Waals surface area contributed by atoms with Gasteiger partial charge < -0.3 is 15.4 Å². The molecule has 1 amide bonds. The van der Waals surface area contributed by atoms with E-state index in [4.69, 9.17) is 11.2 Å². The zero-order chi connectivity index (χ0) is 18.4. The summed E-state index contributed by atoms with van der Waals surface area (Å²) < 4.78 is 5.15. The van der Waals surface area contributed by atoms with Gasteiger partial charge in [-0.05, 0) is 5.56 Å². The van der Waals surface area contributed by atoms with Gasteiger partial charge in [-0.15, -0.1) is 17.8 Å². The Morgan fingerprint density at radius 1 is 1.31 bits per heavy atom. The molecule has 0 fully saturated rings. The van der Waals surface area contributed by atoms with Crippen molar-refractivity contribution in [3.05, 3.63) is 41.5 Å². The van der Waals surface area contributed by atoms with Crippen molar-refractivity contribution in [2.45, 2.75) is 6.61 Å². The number of nitrogens with one attached hydrogen (secondary N) is 2. The summed E-state index contributed by atoms with van der Waals surface area (Å²) in [7, 11) is 1.59. The van der Waals surface area contributed by atoms with E-state index >= 15 is 0 Å². The summed E-state index contributed by atoms with van der Waals surface area (Å²) in [5.41, 5.74) is 2.10. The van der Waals surface area contributed by atoms with Crippen molar-refractivity contribution >= 4 is 33.3 Å². The van der Waals surface area contributed by atoms with Gasteiger partial charge in [0.05, 0.1) is 18.5 Å². The number of aromatic nitrogens is 2. The van der Waals surface area contributed by atoms with E-state index in [-0.39, 0.29) is 19.0 Å². The number of methoxy groups -OCH3 is 1. The van der Waals surface area contributed by atoms with Crippen LogP contribution in [0, 0.1) is 12.3 Å². The van der Waals surface area contributed by atoms with Crippen molar-refractivity contribution in [2.24, 2.45) is 0 Å². The smallest absolute Gasteiger partial charge is 0.240 e. The highest BCUT2D eigenvalue weighted by Crippen LogP contribution is 2.36. The summed E-state index contributed by atoms with van der Waals surface area (Å²) in [4.78, 5) is 21.8. The monoisotopic (exact) mass is 366 g/mol. The predicted molar refractivity (Wildman–Crippen MR) is 104 cm³/mol. The lowest BCUT2D eigenvalue weighted by Gasteiger charge is -2.10. The van der Waals surface area contributed by atoms with Gasteiger partial charge >= 0.3 is 0 Å². The lowest BCUT2D eigenvalue weighted by atomic mass is 10.1. The number of benzene rings is 1. The predicted octanol–water partition coefficient (Wildman–Crippen LogP) is 2.67. The first-order valence-corrected chi connectivity index (χ1v) is 8.87. The Hall–Kier alpha value is -2.95. The number of hydrogen-bond donors (Lipinski definition) is 2. The van der Waals surface area contributed by atoms with Gasteiger partial charge in [0.1, 0.15) is 17.3 Å². The molecule has 26 heavy (non-hydrogen) atoms. The molecular formula is C19H18N4O2S. The molecule has 132 valence electrons. The number of anilines is 1. The number of ether oxygens (including phenoxy) is 1. The Morgan fingerprint density at radius 2 is 2.12 bits per heavy atom. The van der Waals surface area contributed by atoms with Crippen molar-refractivity contribution in [3.63, 3.8) is 0 Å². The lowest BCUT2D eigenvalue weighted by molar-refractivity contribution is -0.119.